The highest BCUT2D eigenvalue weighted by atomic mass is 16.5. The monoisotopic (exact) mass is 292 g/mol. The number of carbonyl (C=O) groups is 2. The smallest absolute Gasteiger partial charge is 0.249 e. The minimum Gasteiger partial charge on any atom is -0.377 e. The van der Waals surface area contributed by atoms with E-state index in [-0.39, 0.29) is 17.9 Å². The van der Waals surface area contributed by atoms with Crippen LogP contribution in [0.3, 0.4) is 0 Å². The van der Waals surface area contributed by atoms with Crippen LogP contribution in [-0.2, 0) is 14.3 Å². The summed E-state index contributed by atoms with van der Waals surface area (Å²) in [4.78, 5) is 28.5. The van der Waals surface area contributed by atoms with E-state index in [1.54, 1.807) is 0 Å². The molecule has 2 saturated heterocycles. The van der Waals surface area contributed by atoms with Crippen LogP contribution in [-0.4, -0.2) is 60.5 Å². The van der Waals surface area contributed by atoms with Gasteiger partial charge in [0, 0.05) is 44.1 Å². The van der Waals surface area contributed by atoms with Gasteiger partial charge in [-0.15, -0.1) is 0 Å². The highest BCUT2D eigenvalue weighted by molar-refractivity contribution is 5.94. The zero-order chi connectivity index (χ0) is 14.7. The Morgan fingerprint density at radius 3 is 2.86 bits per heavy atom. The molecule has 116 valence electrons. The SMILES string of the molecule is O=C1CCCN1CC1CCCCN1C(=O)C1=CCOCC1. The molecule has 5 nitrogen and oxygen atoms in total. The summed E-state index contributed by atoms with van der Waals surface area (Å²) in [5.74, 6) is 0.410. The molecule has 2 fully saturated rings. The first kappa shape index (κ1) is 14.6. The molecule has 0 aromatic heterocycles. The summed E-state index contributed by atoms with van der Waals surface area (Å²) < 4.78 is 5.29. The third-order valence-electron chi connectivity index (χ3n) is 4.73. The number of likely N-dealkylation sites (tertiary alicyclic amines) is 2. The number of carbonyl (C=O) groups excluding carboxylic acids is 2. The molecule has 21 heavy (non-hydrogen) atoms. The van der Waals surface area contributed by atoms with Gasteiger partial charge in [-0.25, -0.2) is 0 Å². The fraction of sp³-hybridized carbons (Fsp3) is 0.750. The second-order valence-electron chi connectivity index (χ2n) is 6.15. The largest absolute Gasteiger partial charge is 0.377 e. The molecule has 0 N–H and O–H groups in total. The molecule has 0 aromatic rings. The van der Waals surface area contributed by atoms with Crippen molar-refractivity contribution in [2.24, 2.45) is 0 Å². The van der Waals surface area contributed by atoms with Crippen LogP contribution < -0.4 is 0 Å². The Hall–Kier alpha value is -1.36. The molecule has 3 heterocycles. The lowest BCUT2D eigenvalue weighted by atomic mass is 9.99. The van der Waals surface area contributed by atoms with Crippen LogP contribution in [0.1, 0.15) is 38.5 Å². The summed E-state index contributed by atoms with van der Waals surface area (Å²) in [5.41, 5.74) is 0.890. The van der Waals surface area contributed by atoms with Crippen LogP contribution >= 0.6 is 0 Å². The number of hydrogen-bond donors (Lipinski definition) is 0. The van der Waals surface area contributed by atoms with Gasteiger partial charge in [-0.2, -0.15) is 0 Å². The fourth-order valence-corrected chi connectivity index (χ4v) is 3.51. The van der Waals surface area contributed by atoms with Gasteiger partial charge in [0.25, 0.3) is 0 Å². The maximum atomic E-state index is 12.7. The average molecular weight is 292 g/mol. The molecule has 2 amide bonds. The number of hydrogen-bond acceptors (Lipinski definition) is 3. The molecule has 3 rings (SSSR count). The van der Waals surface area contributed by atoms with Crippen molar-refractivity contribution in [3.05, 3.63) is 11.6 Å². The maximum absolute atomic E-state index is 12.7. The van der Waals surface area contributed by atoms with Gasteiger partial charge in [0.05, 0.1) is 13.2 Å². The Labute approximate surface area is 125 Å². The standard InChI is InChI=1S/C16H24N2O3/c19-15-5-3-8-17(15)12-14-4-1-2-9-18(14)16(20)13-6-10-21-11-7-13/h6,14H,1-5,7-12H2. The van der Waals surface area contributed by atoms with Crippen LogP contribution in [0.15, 0.2) is 11.6 Å². The predicted molar refractivity (Wildman–Crippen MR) is 78.7 cm³/mol. The van der Waals surface area contributed by atoms with Gasteiger partial charge in [0.15, 0.2) is 0 Å². The van der Waals surface area contributed by atoms with Crippen molar-refractivity contribution in [3.8, 4) is 0 Å². The van der Waals surface area contributed by atoms with E-state index in [9.17, 15) is 9.59 Å². The number of piperidine rings is 1. The molecule has 1 atom stereocenters. The first-order valence-corrected chi connectivity index (χ1v) is 8.11. The van der Waals surface area contributed by atoms with Crippen LogP contribution in [0.5, 0.6) is 0 Å². The Balaban J connectivity index is 1.67. The highest BCUT2D eigenvalue weighted by Gasteiger charge is 2.32. The van der Waals surface area contributed by atoms with Crippen molar-refractivity contribution in [3.63, 3.8) is 0 Å². The molecule has 0 radical (unpaired) electrons. The summed E-state index contributed by atoms with van der Waals surface area (Å²) in [7, 11) is 0. The Morgan fingerprint density at radius 1 is 1.24 bits per heavy atom. The quantitative estimate of drug-likeness (QED) is 0.788. The Bertz CT molecular complexity index is 447. The molecular weight excluding hydrogens is 268 g/mol. The van der Waals surface area contributed by atoms with Crippen molar-refractivity contribution in [2.45, 2.75) is 44.6 Å². The predicted octanol–water partition coefficient (Wildman–Crippen LogP) is 1.34. The van der Waals surface area contributed by atoms with Crippen molar-refractivity contribution < 1.29 is 14.3 Å². The van der Waals surface area contributed by atoms with Gasteiger partial charge in [-0.3, -0.25) is 9.59 Å². The van der Waals surface area contributed by atoms with Crippen molar-refractivity contribution in [2.75, 3.05) is 32.8 Å². The van der Waals surface area contributed by atoms with Crippen LogP contribution in [0.4, 0.5) is 0 Å². The first-order chi connectivity index (χ1) is 10.3. The molecule has 0 aliphatic carbocycles. The van der Waals surface area contributed by atoms with Crippen molar-refractivity contribution in [1.82, 2.24) is 9.80 Å². The van der Waals surface area contributed by atoms with E-state index in [4.69, 9.17) is 4.74 Å². The Morgan fingerprint density at radius 2 is 2.14 bits per heavy atom. The average Bonchev–Trinajstić information content (AvgIpc) is 2.93. The lowest BCUT2D eigenvalue weighted by molar-refractivity contribution is -0.135. The lowest BCUT2D eigenvalue weighted by Gasteiger charge is -2.38. The lowest BCUT2D eigenvalue weighted by Crippen LogP contribution is -2.50. The third-order valence-corrected chi connectivity index (χ3v) is 4.73. The molecule has 1 unspecified atom stereocenters. The van der Waals surface area contributed by atoms with E-state index >= 15 is 0 Å². The number of rotatable bonds is 3. The van der Waals surface area contributed by atoms with E-state index in [0.717, 1.165) is 44.3 Å². The molecular formula is C16H24N2O3. The molecule has 0 aromatic carbocycles. The van der Waals surface area contributed by atoms with Crippen LogP contribution in [0.2, 0.25) is 0 Å². The van der Waals surface area contributed by atoms with E-state index in [0.29, 0.717) is 32.6 Å². The summed E-state index contributed by atoms with van der Waals surface area (Å²) >= 11 is 0. The molecule has 5 heteroatoms. The second kappa shape index (κ2) is 6.60. The van der Waals surface area contributed by atoms with Crippen molar-refractivity contribution in [1.29, 1.82) is 0 Å². The minimum absolute atomic E-state index is 0.162. The third kappa shape index (κ3) is 3.28. The zero-order valence-electron chi connectivity index (χ0n) is 12.6. The summed E-state index contributed by atoms with van der Waals surface area (Å²) in [6.45, 7) is 3.58. The van der Waals surface area contributed by atoms with E-state index < -0.39 is 0 Å². The Kier molecular flexibility index (Phi) is 4.58. The zero-order valence-corrected chi connectivity index (χ0v) is 12.6. The fourth-order valence-electron chi connectivity index (χ4n) is 3.51. The topological polar surface area (TPSA) is 49.9 Å². The van der Waals surface area contributed by atoms with Crippen LogP contribution in [0.25, 0.3) is 0 Å². The van der Waals surface area contributed by atoms with Gasteiger partial charge in [0.2, 0.25) is 11.8 Å². The molecule has 3 aliphatic rings. The molecule has 0 saturated carbocycles. The van der Waals surface area contributed by atoms with Gasteiger partial charge >= 0.3 is 0 Å². The summed E-state index contributed by atoms with van der Waals surface area (Å²) in [6, 6.07) is 0.192. The van der Waals surface area contributed by atoms with E-state index in [2.05, 4.69) is 0 Å². The van der Waals surface area contributed by atoms with Gasteiger partial charge in [-0.05, 0) is 25.7 Å². The summed E-state index contributed by atoms with van der Waals surface area (Å²) in [6.07, 6.45) is 7.49. The number of ether oxygens (including phenoxy) is 1. The first-order valence-electron chi connectivity index (χ1n) is 8.11. The van der Waals surface area contributed by atoms with Crippen LogP contribution in [0, 0.1) is 0 Å². The molecule has 0 spiro atoms. The van der Waals surface area contributed by atoms with Gasteiger partial charge < -0.3 is 14.5 Å². The maximum Gasteiger partial charge on any atom is 0.249 e. The van der Waals surface area contributed by atoms with E-state index in [1.807, 2.05) is 15.9 Å². The van der Waals surface area contributed by atoms with Gasteiger partial charge in [-0.1, -0.05) is 6.08 Å². The van der Waals surface area contributed by atoms with Gasteiger partial charge in [0.1, 0.15) is 0 Å². The highest BCUT2D eigenvalue weighted by Crippen LogP contribution is 2.23. The van der Waals surface area contributed by atoms with Crippen molar-refractivity contribution >= 4 is 11.8 Å². The van der Waals surface area contributed by atoms with E-state index in [1.165, 1.54) is 0 Å². The summed E-state index contributed by atoms with van der Waals surface area (Å²) in [5, 5.41) is 0. The number of amides is 2. The normalized spacial score (nSPS) is 27.0. The second-order valence-corrected chi connectivity index (χ2v) is 6.15. The molecule has 0 bridgehead atoms. The molecule has 3 aliphatic heterocycles. The number of nitrogens with zero attached hydrogens (tertiary/aromatic N) is 2. The minimum atomic E-state index is 0.162.